The van der Waals surface area contributed by atoms with E-state index in [9.17, 15) is 0 Å². The lowest BCUT2D eigenvalue weighted by molar-refractivity contribution is -0.344. The molecule has 4 heteroatoms. The molecule has 0 aliphatic rings. The van der Waals surface area contributed by atoms with E-state index in [1.807, 2.05) is 53.7 Å². The zero-order chi connectivity index (χ0) is 12.7. The van der Waals surface area contributed by atoms with Crippen LogP contribution in [0.5, 0.6) is 0 Å². The number of hydrogen-bond donors (Lipinski definition) is 0. The Morgan fingerprint density at radius 1 is 0.688 bits per heavy atom. The molecule has 96 valence electrons. The lowest BCUT2D eigenvalue weighted by Gasteiger charge is -2.17. The van der Waals surface area contributed by atoms with Crippen LogP contribution in [0.15, 0.2) is 12.2 Å². The van der Waals surface area contributed by atoms with E-state index in [0.29, 0.717) is 13.2 Å². The van der Waals surface area contributed by atoms with Gasteiger partial charge in [0.05, 0.1) is 11.2 Å². The maximum absolute atomic E-state index is 5.07. The lowest BCUT2D eigenvalue weighted by Crippen LogP contribution is -2.19. The number of hydrogen-bond acceptors (Lipinski definition) is 4. The summed E-state index contributed by atoms with van der Waals surface area (Å²) in [4.78, 5) is 20.1. The molecule has 0 amide bonds. The Bertz CT molecular complexity index is 176. The quantitative estimate of drug-likeness (QED) is 0.305. The molecule has 0 rings (SSSR count). The number of rotatable bonds is 6. The SMILES string of the molecule is CC(C)(C)OOC/C=C/COOC(C)(C)C. The molecule has 0 spiro atoms. The highest BCUT2D eigenvalue weighted by molar-refractivity contribution is 4.80. The summed E-state index contributed by atoms with van der Waals surface area (Å²) < 4.78 is 0. The summed E-state index contributed by atoms with van der Waals surface area (Å²) >= 11 is 0. The van der Waals surface area contributed by atoms with E-state index in [-0.39, 0.29) is 11.2 Å². The van der Waals surface area contributed by atoms with Gasteiger partial charge in [0.25, 0.3) is 0 Å². The van der Waals surface area contributed by atoms with Gasteiger partial charge in [-0.2, -0.15) is 0 Å². The van der Waals surface area contributed by atoms with Crippen molar-refractivity contribution in [1.29, 1.82) is 0 Å². The Morgan fingerprint density at radius 2 is 1.00 bits per heavy atom. The van der Waals surface area contributed by atoms with Gasteiger partial charge in [0.1, 0.15) is 13.2 Å². The molecule has 0 N–H and O–H groups in total. The molecule has 0 aliphatic heterocycles. The van der Waals surface area contributed by atoms with Crippen LogP contribution in [-0.2, 0) is 19.6 Å². The second-order valence-electron chi connectivity index (χ2n) is 5.43. The van der Waals surface area contributed by atoms with Crippen molar-refractivity contribution < 1.29 is 19.6 Å². The minimum Gasteiger partial charge on any atom is -0.232 e. The summed E-state index contributed by atoms with van der Waals surface area (Å²) in [6.07, 6.45) is 3.63. The third-order valence-corrected chi connectivity index (χ3v) is 1.11. The molecule has 0 aromatic rings. The van der Waals surface area contributed by atoms with Crippen LogP contribution in [0.4, 0.5) is 0 Å². The van der Waals surface area contributed by atoms with E-state index in [1.165, 1.54) is 0 Å². The van der Waals surface area contributed by atoms with Crippen LogP contribution in [0.1, 0.15) is 41.5 Å². The maximum atomic E-state index is 5.07. The van der Waals surface area contributed by atoms with Crippen LogP contribution in [0, 0.1) is 0 Å². The van der Waals surface area contributed by atoms with Gasteiger partial charge in [0.2, 0.25) is 0 Å². The van der Waals surface area contributed by atoms with Crippen LogP contribution in [0.2, 0.25) is 0 Å². The molecule has 0 aromatic carbocycles. The van der Waals surface area contributed by atoms with E-state index < -0.39 is 0 Å². The molecular formula is C12H24O4. The van der Waals surface area contributed by atoms with Crippen molar-refractivity contribution >= 4 is 0 Å². The third-order valence-electron chi connectivity index (χ3n) is 1.11. The van der Waals surface area contributed by atoms with Crippen molar-refractivity contribution in [2.24, 2.45) is 0 Å². The second-order valence-corrected chi connectivity index (χ2v) is 5.43. The molecule has 0 aliphatic carbocycles. The van der Waals surface area contributed by atoms with Gasteiger partial charge in [0, 0.05) is 0 Å². The highest BCUT2D eigenvalue weighted by Crippen LogP contribution is 2.07. The van der Waals surface area contributed by atoms with Gasteiger partial charge in [-0.05, 0) is 41.5 Å². The molecule has 0 fully saturated rings. The maximum Gasteiger partial charge on any atom is 0.100 e. The molecule has 0 saturated heterocycles. The zero-order valence-corrected chi connectivity index (χ0v) is 11.2. The van der Waals surface area contributed by atoms with Crippen molar-refractivity contribution in [3.05, 3.63) is 12.2 Å². The van der Waals surface area contributed by atoms with Crippen LogP contribution >= 0.6 is 0 Å². The predicted octanol–water partition coefficient (Wildman–Crippen LogP) is 3.04. The summed E-state index contributed by atoms with van der Waals surface area (Å²) in [7, 11) is 0. The predicted molar refractivity (Wildman–Crippen MR) is 62.7 cm³/mol. The van der Waals surface area contributed by atoms with Crippen LogP contribution in [-0.4, -0.2) is 24.4 Å². The highest BCUT2D eigenvalue weighted by atomic mass is 17.2. The van der Waals surface area contributed by atoms with Gasteiger partial charge in [-0.15, -0.1) is 0 Å². The van der Waals surface area contributed by atoms with Crippen molar-refractivity contribution in [2.75, 3.05) is 13.2 Å². The van der Waals surface area contributed by atoms with Gasteiger partial charge in [-0.1, -0.05) is 12.2 Å². The normalized spacial score (nSPS) is 13.6. The molecular weight excluding hydrogens is 208 g/mol. The molecule has 0 atom stereocenters. The fourth-order valence-corrected chi connectivity index (χ4v) is 0.636. The molecule has 0 heterocycles. The molecule has 16 heavy (non-hydrogen) atoms. The van der Waals surface area contributed by atoms with Gasteiger partial charge in [0.15, 0.2) is 0 Å². The summed E-state index contributed by atoms with van der Waals surface area (Å²) in [5.74, 6) is 0. The second kappa shape index (κ2) is 7.01. The van der Waals surface area contributed by atoms with Gasteiger partial charge in [-0.25, -0.2) is 19.6 Å². The minimum atomic E-state index is -0.278. The van der Waals surface area contributed by atoms with E-state index >= 15 is 0 Å². The van der Waals surface area contributed by atoms with Crippen molar-refractivity contribution in [2.45, 2.75) is 52.7 Å². The molecule has 4 nitrogen and oxygen atoms in total. The van der Waals surface area contributed by atoms with E-state index in [2.05, 4.69) is 0 Å². The van der Waals surface area contributed by atoms with Crippen LogP contribution in [0.3, 0.4) is 0 Å². The van der Waals surface area contributed by atoms with Crippen molar-refractivity contribution in [1.82, 2.24) is 0 Å². The van der Waals surface area contributed by atoms with Crippen molar-refractivity contribution in [3.8, 4) is 0 Å². The smallest absolute Gasteiger partial charge is 0.100 e. The summed E-state index contributed by atoms with van der Waals surface area (Å²) in [5, 5.41) is 0. The third kappa shape index (κ3) is 13.6. The highest BCUT2D eigenvalue weighted by Gasteiger charge is 2.11. The molecule has 0 unspecified atom stereocenters. The zero-order valence-electron chi connectivity index (χ0n) is 11.2. The van der Waals surface area contributed by atoms with Gasteiger partial charge >= 0.3 is 0 Å². The standard InChI is InChI=1S/C12H24O4/c1-11(2,3)15-13-9-7-8-10-14-16-12(4,5)6/h7-8H,9-10H2,1-6H3/b8-7+. The molecule has 0 aromatic heterocycles. The Balaban J connectivity index is 3.36. The van der Waals surface area contributed by atoms with Crippen molar-refractivity contribution in [3.63, 3.8) is 0 Å². The first-order chi connectivity index (χ1) is 7.21. The monoisotopic (exact) mass is 232 g/mol. The average Bonchev–Trinajstić information content (AvgIpc) is 2.06. The van der Waals surface area contributed by atoms with E-state index in [1.54, 1.807) is 0 Å². The average molecular weight is 232 g/mol. The first-order valence-electron chi connectivity index (χ1n) is 5.47. The summed E-state index contributed by atoms with van der Waals surface area (Å²) in [5.41, 5.74) is -0.556. The topological polar surface area (TPSA) is 36.9 Å². The summed E-state index contributed by atoms with van der Waals surface area (Å²) in [6.45, 7) is 12.4. The Kier molecular flexibility index (Phi) is 6.83. The Hall–Kier alpha value is -0.420. The Labute approximate surface area is 98.4 Å². The lowest BCUT2D eigenvalue weighted by atomic mass is 10.2. The first-order valence-corrected chi connectivity index (χ1v) is 5.47. The van der Waals surface area contributed by atoms with Gasteiger partial charge < -0.3 is 0 Å². The fraction of sp³-hybridized carbons (Fsp3) is 0.833. The first kappa shape index (κ1) is 15.6. The van der Waals surface area contributed by atoms with E-state index in [0.717, 1.165) is 0 Å². The summed E-state index contributed by atoms with van der Waals surface area (Å²) in [6, 6.07) is 0. The largest absolute Gasteiger partial charge is 0.232 e. The van der Waals surface area contributed by atoms with E-state index in [4.69, 9.17) is 19.6 Å². The van der Waals surface area contributed by atoms with Gasteiger partial charge in [-0.3, -0.25) is 0 Å². The molecule has 0 radical (unpaired) electrons. The molecule has 0 saturated carbocycles. The van der Waals surface area contributed by atoms with Crippen LogP contribution < -0.4 is 0 Å². The fourth-order valence-electron chi connectivity index (χ4n) is 0.636. The molecule has 0 bridgehead atoms. The Morgan fingerprint density at radius 3 is 1.25 bits per heavy atom. The minimum absolute atomic E-state index is 0.278. The van der Waals surface area contributed by atoms with Crippen LogP contribution in [0.25, 0.3) is 0 Å².